The molecule has 94 valence electrons. The second kappa shape index (κ2) is 4.69. The first kappa shape index (κ1) is 13.0. The molecule has 2 rings (SSSR count). The molecule has 0 spiro atoms. The second-order valence-electron chi connectivity index (χ2n) is 5.63. The topological polar surface area (TPSA) is 12.0 Å². The summed E-state index contributed by atoms with van der Waals surface area (Å²) in [7, 11) is 2.01. The van der Waals surface area contributed by atoms with Crippen molar-refractivity contribution in [2.24, 2.45) is 11.3 Å². The molecule has 1 aromatic rings. The smallest absolute Gasteiger partial charge is 0.124 e. The summed E-state index contributed by atoms with van der Waals surface area (Å²) >= 11 is 3.44. The maximum Gasteiger partial charge on any atom is 0.124 e. The number of rotatable bonds is 4. The van der Waals surface area contributed by atoms with Crippen molar-refractivity contribution in [1.82, 2.24) is 5.32 Å². The number of benzene rings is 1. The minimum Gasteiger partial charge on any atom is -0.316 e. The molecule has 0 bridgehead atoms. The molecular formula is C14H19BrFN. The number of nitrogens with one attached hydrogen (secondary N) is 1. The Labute approximate surface area is 111 Å². The Morgan fingerprint density at radius 1 is 1.53 bits per heavy atom. The molecule has 1 nitrogen and oxygen atoms in total. The van der Waals surface area contributed by atoms with Crippen molar-refractivity contribution in [1.29, 1.82) is 0 Å². The average molecular weight is 300 g/mol. The first-order chi connectivity index (χ1) is 7.94. The van der Waals surface area contributed by atoms with E-state index >= 15 is 0 Å². The summed E-state index contributed by atoms with van der Waals surface area (Å²) in [5, 5.41) is 3.40. The van der Waals surface area contributed by atoms with Crippen molar-refractivity contribution >= 4 is 15.9 Å². The molecule has 3 heteroatoms. The molecule has 1 aliphatic carbocycles. The van der Waals surface area contributed by atoms with E-state index in [4.69, 9.17) is 0 Å². The predicted octanol–water partition coefficient (Wildman–Crippen LogP) is 3.76. The van der Waals surface area contributed by atoms with Crippen molar-refractivity contribution in [3.05, 3.63) is 34.1 Å². The Bertz CT molecular complexity index is 417. The third kappa shape index (κ3) is 2.89. The SMILES string of the molecule is CNC(Cc1ccc(F)cc1Br)C1CC1(C)C. The van der Waals surface area contributed by atoms with Gasteiger partial charge in [-0.05, 0) is 48.9 Å². The van der Waals surface area contributed by atoms with Gasteiger partial charge in [-0.15, -0.1) is 0 Å². The summed E-state index contributed by atoms with van der Waals surface area (Å²) < 4.78 is 13.9. The van der Waals surface area contributed by atoms with Crippen molar-refractivity contribution in [2.45, 2.75) is 32.7 Å². The van der Waals surface area contributed by atoms with E-state index < -0.39 is 0 Å². The summed E-state index contributed by atoms with van der Waals surface area (Å²) in [6.45, 7) is 4.61. The fraction of sp³-hybridized carbons (Fsp3) is 0.571. The standard InChI is InChI=1S/C14H19BrFN/c1-14(2)8-11(14)13(17-3)6-9-4-5-10(16)7-12(9)15/h4-5,7,11,13,17H,6,8H2,1-3H3. The first-order valence-corrected chi connectivity index (χ1v) is 6.84. The van der Waals surface area contributed by atoms with Gasteiger partial charge in [-0.1, -0.05) is 35.8 Å². The Morgan fingerprint density at radius 3 is 2.65 bits per heavy atom. The van der Waals surface area contributed by atoms with Gasteiger partial charge in [0, 0.05) is 10.5 Å². The molecule has 0 aliphatic heterocycles. The van der Waals surface area contributed by atoms with Crippen LogP contribution in [0, 0.1) is 17.2 Å². The Morgan fingerprint density at radius 2 is 2.18 bits per heavy atom. The summed E-state index contributed by atoms with van der Waals surface area (Å²) in [6.07, 6.45) is 2.22. The monoisotopic (exact) mass is 299 g/mol. The molecule has 0 heterocycles. The number of halogens is 2. The van der Waals surface area contributed by atoms with Gasteiger partial charge < -0.3 is 5.32 Å². The number of hydrogen-bond donors (Lipinski definition) is 1. The maximum atomic E-state index is 13.0. The van der Waals surface area contributed by atoms with E-state index in [1.807, 2.05) is 13.1 Å². The lowest BCUT2D eigenvalue weighted by atomic mass is 9.97. The molecule has 1 saturated carbocycles. The van der Waals surface area contributed by atoms with Crippen LogP contribution in [0.2, 0.25) is 0 Å². The quantitative estimate of drug-likeness (QED) is 0.892. The van der Waals surface area contributed by atoms with Gasteiger partial charge in [0.15, 0.2) is 0 Å². The highest BCUT2D eigenvalue weighted by atomic mass is 79.9. The van der Waals surface area contributed by atoms with E-state index in [1.165, 1.54) is 18.1 Å². The summed E-state index contributed by atoms with van der Waals surface area (Å²) in [5.41, 5.74) is 1.63. The van der Waals surface area contributed by atoms with E-state index in [2.05, 4.69) is 35.1 Å². The van der Waals surface area contributed by atoms with Crippen molar-refractivity contribution in [3.8, 4) is 0 Å². The number of likely N-dealkylation sites (N-methyl/N-ethyl adjacent to an activating group) is 1. The van der Waals surface area contributed by atoms with Gasteiger partial charge in [0.2, 0.25) is 0 Å². The van der Waals surface area contributed by atoms with Gasteiger partial charge >= 0.3 is 0 Å². The van der Waals surface area contributed by atoms with Crippen molar-refractivity contribution in [2.75, 3.05) is 7.05 Å². The van der Waals surface area contributed by atoms with E-state index in [1.54, 1.807) is 6.07 Å². The van der Waals surface area contributed by atoms with Gasteiger partial charge in [0.25, 0.3) is 0 Å². The third-order valence-electron chi connectivity index (χ3n) is 3.90. The lowest BCUT2D eigenvalue weighted by Crippen LogP contribution is -2.31. The van der Waals surface area contributed by atoms with E-state index in [-0.39, 0.29) is 5.82 Å². The zero-order valence-electron chi connectivity index (χ0n) is 10.6. The van der Waals surface area contributed by atoms with Crippen LogP contribution in [0.25, 0.3) is 0 Å². The highest BCUT2D eigenvalue weighted by molar-refractivity contribution is 9.10. The van der Waals surface area contributed by atoms with Crippen LogP contribution in [0.1, 0.15) is 25.8 Å². The molecule has 2 unspecified atom stereocenters. The van der Waals surface area contributed by atoms with Crippen LogP contribution in [-0.4, -0.2) is 13.1 Å². The molecule has 1 aliphatic rings. The van der Waals surface area contributed by atoms with Gasteiger partial charge in [0.1, 0.15) is 5.82 Å². The Balaban J connectivity index is 2.09. The summed E-state index contributed by atoms with van der Waals surface area (Å²) in [4.78, 5) is 0. The molecule has 1 fully saturated rings. The van der Waals surface area contributed by atoms with Crippen LogP contribution in [0.15, 0.2) is 22.7 Å². The van der Waals surface area contributed by atoms with Crippen LogP contribution >= 0.6 is 15.9 Å². The highest BCUT2D eigenvalue weighted by Gasteiger charge is 2.49. The fourth-order valence-corrected chi connectivity index (χ4v) is 3.08. The van der Waals surface area contributed by atoms with Crippen LogP contribution in [0.5, 0.6) is 0 Å². The maximum absolute atomic E-state index is 13.0. The molecule has 1 N–H and O–H groups in total. The molecule has 0 saturated heterocycles. The minimum absolute atomic E-state index is 0.187. The summed E-state index contributed by atoms with van der Waals surface area (Å²) in [6, 6.07) is 5.43. The molecule has 1 aromatic carbocycles. The van der Waals surface area contributed by atoms with Crippen molar-refractivity contribution in [3.63, 3.8) is 0 Å². The number of hydrogen-bond acceptors (Lipinski definition) is 1. The normalized spacial score (nSPS) is 23.5. The van der Waals surface area contributed by atoms with Gasteiger partial charge in [0.05, 0.1) is 0 Å². The van der Waals surface area contributed by atoms with Crippen LogP contribution < -0.4 is 5.32 Å². The lowest BCUT2D eigenvalue weighted by molar-refractivity contribution is 0.425. The molecule has 17 heavy (non-hydrogen) atoms. The van der Waals surface area contributed by atoms with Gasteiger partial charge in [-0.3, -0.25) is 0 Å². The van der Waals surface area contributed by atoms with E-state index in [9.17, 15) is 4.39 Å². The molecule has 0 aromatic heterocycles. The van der Waals surface area contributed by atoms with Gasteiger partial charge in [-0.2, -0.15) is 0 Å². The van der Waals surface area contributed by atoms with Gasteiger partial charge in [-0.25, -0.2) is 4.39 Å². The zero-order valence-corrected chi connectivity index (χ0v) is 12.1. The lowest BCUT2D eigenvalue weighted by Gasteiger charge is -2.19. The third-order valence-corrected chi connectivity index (χ3v) is 4.64. The zero-order chi connectivity index (χ0) is 12.6. The molecule has 0 radical (unpaired) electrons. The predicted molar refractivity (Wildman–Crippen MR) is 72.5 cm³/mol. The van der Waals surface area contributed by atoms with Crippen LogP contribution in [0.3, 0.4) is 0 Å². The van der Waals surface area contributed by atoms with Crippen LogP contribution in [0.4, 0.5) is 4.39 Å². The highest BCUT2D eigenvalue weighted by Crippen LogP contribution is 2.54. The minimum atomic E-state index is -0.187. The van der Waals surface area contributed by atoms with E-state index in [0.29, 0.717) is 11.5 Å². The Hall–Kier alpha value is -0.410. The first-order valence-electron chi connectivity index (χ1n) is 6.05. The van der Waals surface area contributed by atoms with Crippen molar-refractivity contribution < 1.29 is 4.39 Å². The second-order valence-corrected chi connectivity index (χ2v) is 6.49. The molecular weight excluding hydrogens is 281 g/mol. The van der Waals surface area contributed by atoms with E-state index in [0.717, 1.165) is 16.8 Å². The Kier molecular flexibility index (Phi) is 3.60. The summed E-state index contributed by atoms with van der Waals surface area (Å²) in [5.74, 6) is 0.540. The average Bonchev–Trinajstić information content (AvgIpc) is 2.86. The fourth-order valence-electron chi connectivity index (χ4n) is 2.56. The van der Waals surface area contributed by atoms with Crippen LogP contribution in [-0.2, 0) is 6.42 Å². The largest absolute Gasteiger partial charge is 0.316 e. The molecule has 2 atom stereocenters. The molecule has 0 amide bonds.